The van der Waals surface area contributed by atoms with Gasteiger partial charge in [-0.2, -0.15) is 0 Å². The molecule has 1 aromatic rings. The summed E-state index contributed by atoms with van der Waals surface area (Å²) in [5.74, 6) is 0.121. The van der Waals surface area contributed by atoms with Crippen LogP contribution in [-0.2, 0) is 16.0 Å². The lowest BCUT2D eigenvalue weighted by molar-refractivity contribution is -0.139. The number of benzene rings is 1. The van der Waals surface area contributed by atoms with Gasteiger partial charge in [0.05, 0.1) is 13.7 Å². The first-order chi connectivity index (χ1) is 12.0. The van der Waals surface area contributed by atoms with Crippen LogP contribution in [0.25, 0.3) is 0 Å². The number of carboxylic acid groups (broad SMARTS) is 1. The summed E-state index contributed by atoms with van der Waals surface area (Å²) in [5, 5.41) is 11.9. The van der Waals surface area contributed by atoms with E-state index in [0.29, 0.717) is 6.42 Å². The van der Waals surface area contributed by atoms with Gasteiger partial charge < -0.3 is 15.2 Å². The van der Waals surface area contributed by atoms with Crippen molar-refractivity contribution in [3.05, 3.63) is 29.8 Å². The average molecular weight is 348 g/mol. The van der Waals surface area contributed by atoms with E-state index < -0.39 is 5.97 Å². The minimum Gasteiger partial charge on any atom is -0.497 e. The van der Waals surface area contributed by atoms with Crippen LogP contribution in [0.1, 0.15) is 38.2 Å². The summed E-state index contributed by atoms with van der Waals surface area (Å²) in [7, 11) is 1.64. The number of rotatable bonds is 10. The minimum atomic E-state index is -0.798. The Bertz CT molecular complexity index is 567. The molecule has 2 rings (SSSR count). The number of likely N-dealkylation sites (N-methyl/N-ethyl adjacent to an activating group) is 1. The van der Waals surface area contributed by atoms with Gasteiger partial charge in [-0.05, 0) is 49.9 Å². The number of aryl methyl sites for hydroxylation is 1. The highest BCUT2D eigenvalue weighted by molar-refractivity contribution is 5.76. The summed E-state index contributed by atoms with van der Waals surface area (Å²) >= 11 is 0. The minimum absolute atomic E-state index is 0.0731. The number of hydrogen-bond donors (Lipinski definition) is 2. The van der Waals surface area contributed by atoms with Crippen LogP contribution >= 0.6 is 0 Å². The molecular formula is C19H28N2O4. The van der Waals surface area contributed by atoms with E-state index in [0.717, 1.165) is 38.0 Å². The highest BCUT2D eigenvalue weighted by atomic mass is 16.5. The van der Waals surface area contributed by atoms with Crippen molar-refractivity contribution < 1.29 is 19.4 Å². The van der Waals surface area contributed by atoms with Gasteiger partial charge in [0.1, 0.15) is 5.75 Å². The maximum absolute atomic E-state index is 12.0. The van der Waals surface area contributed by atoms with Crippen molar-refractivity contribution in [3.63, 3.8) is 0 Å². The number of amides is 1. The van der Waals surface area contributed by atoms with Crippen molar-refractivity contribution in [2.24, 2.45) is 0 Å². The van der Waals surface area contributed by atoms with Gasteiger partial charge >= 0.3 is 5.97 Å². The number of ether oxygens (including phenoxy) is 1. The number of methoxy groups -OCH3 is 1. The van der Waals surface area contributed by atoms with E-state index in [2.05, 4.69) is 5.32 Å². The molecule has 0 heterocycles. The Morgan fingerprint density at radius 1 is 1.28 bits per heavy atom. The molecule has 0 unspecified atom stereocenters. The molecule has 1 aromatic carbocycles. The van der Waals surface area contributed by atoms with E-state index in [1.807, 2.05) is 36.1 Å². The average Bonchev–Trinajstić information content (AvgIpc) is 2.56. The van der Waals surface area contributed by atoms with Crippen LogP contribution in [0.2, 0.25) is 0 Å². The molecule has 1 aliphatic carbocycles. The van der Waals surface area contributed by atoms with Gasteiger partial charge in [-0.3, -0.25) is 14.5 Å². The zero-order chi connectivity index (χ0) is 18.2. The van der Waals surface area contributed by atoms with Gasteiger partial charge in [0.2, 0.25) is 5.91 Å². The van der Waals surface area contributed by atoms with Crippen molar-refractivity contribution in [2.45, 2.75) is 51.1 Å². The quantitative estimate of drug-likeness (QED) is 0.677. The largest absolute Gasteiger partial charge is 0.497 e. The first kappa shape index (κ1) is 19.2. The molecule has 1 amide bonds. The molecule has 138 valence electrons. The monoisotopic (exact) mass is 348 g/mol. The Labute approximate surface area is 149 Å². The predicted molar refractivity (Wildman–Crippen MR) is 95.8 cm³/mol. The fourth-order valence-electron chi connectivity index (χ4n) is 3.22. The van der Waals surface area contributed by atoms with E-state index in [9.17, 15) is 9.59 Å². The summed E-state index contributed by atoms with van der Waals surface area (Å²) in [6.45, 7) is 2.76. The molecule has 0 saturated heterocycles. The molecule has 2 N–H and O–H groups in total. The number of carbonyl (C=O) groups is 2. The van der Waals surface area contributed by atoms with E-state index in [1.54, 1.807) is 7.11 Å². The van der Waals surface area contributed by atoms with Gasteiger partial charge in [-0.25, -0.2) is 0 Å². The van der Waals surface area contributed by atoms with Crippen molar-refractivity contribution in [1.29, 1.82) is 0 Å². The van der Waals surface area contributed by atoms with E-state index in [1.165, 1.54) is 5.56 Å². The molecule has 0 radical (unpaired) electrons. The summed E-state index contributed by atoms with van der Waals surface area (Å²) in [6, 6.07) is 8.36. The molecule has 6 heteroatoms. The van der Waals surface area contributed by atoms with Crippen LogP contribution in [0.15, 0.2) is 24.3 Å². The van der Waals surface area contributed by atoms with Crippen LogP contribution in [0.3, 0.4) is 0 Å². The number of carboxylic acids is 1. The maximum Gasteiger partial charge on any atom is 0.317 e. The summed E-state index contributed by atoms with van der Waals surface area (Å²) in [5.41, 5.74) is 1.20. The van der Waals surface area contributed by atoms with Crippen LogP contribution in [-0.4, -0.2) is 54.2 Å². The molecule has 0 aromatic heterocycles. The van der Waals surface area contributed by atoms with Gasteiger partial charge in [-0.1, -0.05) is 19.1 Å². The third kappa shape index (κ3) is 6.05. The van der Waals surface area contributed by atoms with Crippen LogP contribution in [0.5, 0.6) is 5.75 Å². The SMILES string of the molecule is CCN(CC(=O)O)C1CC(NC(=O)CCCc2ccc(OC)cc2)C1. The highest BCUT2D eigenvalue weighted by Crippen LogP contribution is 2.25. The van der Waals surface area contributed by atoms with Crippen molar-refractivity contribution >= 4 is 11.9 Å². The standard InChI is InChI=1S/C19H28N2O4/c1-3-21(13-19(23)24)16-11-15(12-16)20-18(22)6-4-5-14-7-9-17(25-2)10-8-14/h7-10,15-16H,3-6,11-13H2,1-2H3,(H,20,22)(H,23,24). The zero-order valence-corrected chi connectivity index (χ0v) is 15.0. The Morgan fingerprint density at radius 3 is 2.52 bits per heavy atom. The number of carbonyl (C=O) groups excluding carboxylic acids is 1. The molecule has 0 spiro atoms. The third-order valence-corrected chi connectivity index (χ3v) is 4.77. The lowest BCUT2D eigenvalue weighted by Gasteiger charge is -2.42. The fourth-order valence-corrected chi connectivity index (χ4v) is 3.22. The number of hydrogen-bond acceptors (Lipinski definition) is 4. The third-order valence-electron chi connectivity index (χ3n) is 4.77. The topological polar surface area (TPSA) is 78.9 Å². The van der Waals surface area contributed by atoms with Crippen LogP contribution in [0.4, 0.5) is 0 Å². The zero-order valence-electron chi connectivity index (χ0n) is 15.0. The maximum atomic E-state index is 12.0. The van der Waals surface area contributed by atoms with Crippen LogP contribution in [0, 0.1) is 0 Å². The molecule has 1 saturated carbocycles. The Kier molecular flexibility index (Phi) is 7.25. The number of nitrogens with one attached hydrogen (secondary N) is 1. The molecule has 0 atom stereocenters. The summed E-state index contributed by atoms with van der Waals surface area (Å²) in [6.07, 6.45) is 3.87. The van der Waals surface area contributed by atoms with E-state index in [4.69, 9.17) is 9.84 Å². The Hall–Kier alpha value is -2.08. The Balaban J connectivity index is 1.62. The first-order valence-corrected chi connectivity index (χ1v) is 8.90. The number of aliphatic carboxylic acids is 1. The van der Waals surface area contributed by atoms with Gasteiger partial charge in [-0.15, -0.1) is 0 Å². The number of nitrogens with zero attached hydrogens (tertiary/aromatic N) is 1. The van der Waals surface area contributed by atoms with Crippen molar-refractivity contribution in [1.82, 2.24) is 10.2 Å². The van der Waals surface area contributed by atoms with Gasteiger partial charge in [0.25, 0.3) is 0 Å². The second-order valence-electron chi connectivity index (χ2n) is 6.55. The highest BCUT2D eigenvalue weighted by Gasteiger charge is 2.34. The Morgan fingerprint density at radius 2 is 1.96 bits per heavy atom. The second-order valence-corrected chi connectivity index (χ2v) is 6.55. The molecule has 25 heavy (non-hydrogen) atoms. The molecule has 0 aliphatic heterocycles. The second kappa shape index (κ2) is 9.42. The molecular weight excluding hydrogens is 320 g/mol. The van der Waals surface area contributed by atoms with E-state index >= 15 is 0 Å². The van der Waals surface area contributed by atoms with Crippen molar-refractivity contribution in [3.8, 4) is 5.75 Å². The molecule has 1 fully saturated rings. The fraction of sp³-hybridized carbons (Fsp3) is 0.579. The lowest BCUT2D eigenvalue weighted by atomic mass is 9.85. The molecule has 6 nitrogen and oxygen atoms in total. The molecule has 1 aliphatic rings. The first-order valence-electron chi connectivity index (χ1n) is 8.90. The summed E-state index contributed by atoms with van der Waals surface area (Å²) < 4.78 is 5.13. The molecule has 0 bridgehead atoms. The van der Waals surface area contributed by atoms with E-state index in [-0.39, 0.29) is 24.5 Å². The normalized spacial score (nSPS) is 19.3. The van der Waals surface area contributed by atoms with Gasteiger partial charge in [0, 0.05) is 18.5 Å². The van der Waals surface area contributed by atoms with Crippen molar-refractivity contribution in [2.75, 3.05) is 20.2 Å². The summed E-state index contributed by atoms with van der Waals surface area (Å²) in [4.78, 5) is 24.8. The smallest absolute Gasteiger partial charge is 0.317 e. The predicted octanol–water partition coefficient (Wildman–Crippen LogP) is 2.07. The lowest BCUT2D eigenvalue weighted by Crippen LogP contribution is -2.54. The van der Waals surface area contributed by atoms with Crippen LogP contribution < -0.4 is 10.1 Å². The van der Waals surface area contributed by atoms with Gasteiger partial charge in [0.15, 0.2) is 0 Å².